The van der Waals surface area contributed by atoms with Crippen LogP contribution in [-0.2, 0) is 0 Å². The van der Waals surface area contributed by atoms with Gasteiger partial charge in [0, 0.05) is 5.02 Å². The molecule has 0 amide bonds. The Kier molecular flexibility index (Phi) is 8.39. The molecule has 1 aromatic carbocycles. The molecule has 1 heteroatoms. The van der Waals surface area contributed by atoms with E-state index in [1.807, 2.05) is 0 Å². The van der Waals surface area contributed by atoms with Crippen LogP contribution in [0.3, 0.4) is 0 Å². The zero-order valence-corrected chi connectivity index (χ0v) is 20.0. The lowest BCUT2D eigenvalue weighted by molar-refractivity contribution is 0.147. The van der Waals surface area contributed by atoms with Crippen molar-refractivity contribution in [3.05, 3.63) is 47.0 Å². The minimum atomic E-state index is 0.775. The first kappa shape index (κ1) is 22.4. The number of allylic oxidation sites excluding steroid dienone is 2. The van der Waals surface area contributed by atoms with Crippen molar-refractivity contribution in [1.29, 1.82) is 0 Å². The lowest BCUT2D eigenvalue weighted by atomic mass is 9.68. The third-order valence-electron chi connectivity index (χ3n) is 9.01. The molecular formula is C29H43Cl. The molecular weight excluding hydrogens is 384 g/mol. The van der Waals surface area contributed by atoms with Gasteiger partial charge in [0.25, 0.3) is 0 Å². The summed E-state index contributed by atoms with van der Waals surface area (Å²) in [5.41, 5.74) is 1.51. The number of halogens is 1. The van der Waals surface area contributed by atoms with Gasteiger partial charge in [-0.25, -0.2) is 0 Å². The molecule has 166 valence electrons. The number of hydrogen-bond donors (Lipinski definition) is 0. The second-order valence-corrected chi connectivity index (χ2v) is 11.3. The van der Waals surface area contributed by atoms with E-state index in [-0.39, 0.29) is 0 Å². The molecule has 0 aliphatic heterocycles. The summed E-state index contributed by atoms with van der Waals surface area (Å²) in [4.78, 5) is 0. The summed E-state index contributed by atoms with van der Waals surface area (Å²) >= 11 is 6.06. The van der Waals surface area contributed by atoms with Crippen LogP contribution in [0.5, 0.6) is 0 Å². The fraction of sp³-hybridized carbons (Fsp3) is 0.724. The Morgan fingerprint density at radius 3 is 1.73 bits per heavy atom. The van der Waals surface area contributed by atoms with Crippen LogP contribution in [0.15, 0.2) is 36.4 Å². The summed E-state index contributed by atoms with van der Waals surface area (Å²) < 4.78 is 0. The number of benzene rings is 1. The lowest BCUT2D eigenvalue weighted by Crippen LogP contribution is -2.25. The summed E-state index contributed by atoms with van der Waals surface area (Å²) in [6, 6.07) is 8.62. The molecule has 30 heavy (non-hydrogen) atoms. The average Bonchev–Trinajstić information content (AvgIpc) is 2.80. The Morgan fingerprint density at radius 1 is 0.700 bits per heavy atom. The molecule has 0 aromatic heterocycles. The van der Waals surface area contributed by atoms with Crippen molar-refractivity contribution < 1.29 is 0 Å². The van der Waals surface area contributed by atoms with E-state index in [2.05, 4.69) is 43.3 Å². The van der Waals surface area contributed by atoms with E-state index in [4.69, 9.17) is 11.6 Å². The average molecular weight is 427 g/mol. The zero-order chi connectivity index (χ0) is 20.8. The van der Waals surface area contributed by atoms with Crippen molar-refractivity contribution in [2.75, 3.05) is 0 Å². The molecule has 0 spiro atoms. The predicted molar refractivity (Wildman–Crippen MR) is 131 cm³/mol. The molecule has 0 radical (unpaired) electrons. The van der Waals surface area contributed by atoms with Gasteiger partial charge < -0.3 is 0 Å². The fourth-order valence-electron chi connectivity index (χ4n) is 7.02. The molecule has 0 N–H and O–H groups in total. The van der Waals surface area contributed by atoms with E-state index < -0.39 is 0 Å². The Bertz CT molecular complexity index is 635. The molecule has 3 aliphatic carbocycles. The predicted octanol–water partition coefficient (Wildman–Crippen LogP) is 9.58. The van der Waals surface area contributed by atoms with E-state index in [1.54, 1.807) is 0 Å². The van der Waals surface area contributed by atoms with Gasteiger partial charge >= 0.3 is 0 Å². The van der Waals surface area contributed by atoms with E-state index in [0.29, 0.717) is 0 Å². The quantitative estimate of drug-likeness (QED) is 0.397. The molecule has 3 fully saturated rings. The second kappa shape index (κ2) is 11.2. The lowest BCUT2D eigenvalue weighted by Gasteiger charge is -2.38. The normalized spacial score (nSPS) is 35.5. The monoisotopic (exact) mass is 426 g/mol. The maximum Gasteiger partial charge on any atom is 0.0406 e. The van der Waals surface area contributed by atoms with Crippen LogP contribution >= 0.6 is 11.6 Å². The third-order valence-corrected chi connectivity index (χ3v) is 9.26. The van der Waals surface area contributed by atoms with Crippen molar-refractivity contribution in [3.63, 3.8) is 0 Å². The van der Waals surface area contributed by atoms with Crippen LogP contribution in [0.25, 0.3) is 0 Å². The van der Waals surface area contributed by atoms with Crippen LogP contribution in [0.2, 0.25) is 5.02 Å². The molecule has 0 saturated heterocycles. The first-order valence-corrected chi connectivity index (χ1v) is 13.5. The Balaban J connectivity index is 1.12. The second-order valence-electron chi connectivity index (χ2n) is 10.8. The van der Waals surface area contributed by atoms with Gasteiger partial charge in [0.1, 0.15) is 0 Å². The van der Waals surface area contributed by atoms with E-state index in [9.17, 15) is 0 Å². The highest BCUT2D eigenvalue weighted by atomic mass is 35.5. The topological polar surface area (TPSA) is 0 Å². The van der Waals surface area contributed by atoms with Crippen molar-refractivity contribution in [2.24, 2.45) is 29.6 Å². The van der Waals surface area contributed by atoms with Gasteiger partial charge in [-0.3, -0.25) is 0 Å². The van der Waals surface area contributed by atoms with Crippen molar-refractivity contribution in [3.8, 4) is 0 Å². The minimum absolute atomic E-state index is 0.775. The Labute approximate surface area is 190 Å². The molecule has 4 rings (SSSR count). The van der Waals surface area contributed by atoms with Gasteiger partial charge in [-0.1, -0.05) is 61.6 Å². The van der Waals surface area contributed by atoms with Gasteiger partial charge in [0.05, 0.1) is 0 Å². The summed E-state index contributed by atoms with van der Waals surface area (Å²) in [5.74, 6) is 5.80. The first-order chi connectivity index (χ1) is 14.7. The highest BCUT2D eigenvalue weighted by Gasteiger charge is 2.31. The van der Waals surface area contributed by atoms with Gasteiger partial charge in [0.15, 0.2) is 0 Å². The van der Waals surface area contributed by atoms with Crippen molar-refractivity contribution in [1.82, 2.24) is 0 Å². The van der Waals surface area contributed by atoms with Gasteiger partial charge in [0.2, 0.25) is 0 Å². The molecule has 3 aliphatic rings. The van der Waals surface area contributed by atoms with E-state index in [0.717, 1.165) is 40.5 Å². The highest BCUT2D eigenvalue weighted by molar-refractivity contribution is 6.30. The summed E-state index contributed by atoms with van der Waals surface area (Å²) in [6.45, 7) is 2.18. The van der Waals surface area contributed by atoms with Crippen LogP contribution in [0.4, 0.5) is 0 Å². The van der Waals surface area contributed by atoms with E-state index >= 15 is 0 Å². The van der Waals surface area contributed by atoms with Crippen LogP contribution in [0, 0.1) is 29.6 Å². The molecule has 3 saturated carbocycles. The molecule has 0 heterocycles. The van der Waals surface area contributed by atoms with Crippen LogP contribution < -0.4 is 0 Å². The Hall–Kier alpha value is -0.750. The standard InChI is InChI=1S/C29H43Cl/c1-2-3-22-6-12-25(13-7-22)26-14-8-23(9-15-26)4-5-24-10-16-27(17-11-24)28-18-20-29(30)21-19-28/h2-3,18-27H,4-17H2,1H3/b3-2+/t22-,23-,24-,25-,26-,27-. The minimum Gasteiger partial charge on any atom is -0.0914 e. The van der Waals surface area contributed by atoms with Crippen LogP contribution in [-0.4, -0.2) is 0 Å². The third kappa shape index (κ3) is 6.15. The SMILES string of the molecule is C/C=C/[C@H]1CC[C@H]([C@H]2CC[C@H](CC[C@H]3CC[C@H](c4ccc(Cl)cc4)CC3)CC2)CC1. The highest BCUT2D eigenvalue weighted by Crippen LogP contribution is 2.44. The summed E-state index contributed by atoms with van der Waals surface area (Å²) in [7, 11) is 0. The first-order valence-electron chi connectivity index (χ1n) is 13.1. The Morgan fingerprint density at radius 2 is 1.20 bits per heavy atom. The maximum absolute atomic E-state index is 6.06. The van der Waals surface area contributed by atoms with Gasteiger partial charge in [-0.15, -0.1) is 0 Å². The van der Waals surface area contributed by atoms with Crippen molar-refractivity contribution in [2.45, 2.75) is 103 Å². The smallest absolute Gasteiger partial charge is 0.0406 e. The van der Waals surface area contributed by atoms with E-state index in [1.165, 1.54) is 95.5 Å². The van der Waals surface area contributed by atoms with Gasteiger partial charge in [-0.05, 0) is 124 Å². The summed E-state index contributed by atoms with van der Waals surface area (Å²) in [6.07, 6.45) is 25.4. The molecule has 0 bridgehead atoms. The molecule has 0 atom stereocenters. The fourth-order valence-corrected chi connectivity index (χ4v) is 7.15. The zero-order valence-electron chi connectivity index (χ0n) is 19.2. The molecule has 0 nitrogen and oxygen atoms in total. The molecule has 1 aromatic rings. The largest absolute Gasteiger partial charge is 0.0914 e. The number of hydrogen-bond acceptors (Lipinski definition) is 0. The van der Waals surface area contributed by atoms with Crippen LogP contribution in [0.1, 0.15) is 108 Å². The summed E-state index contributed by atoms with van der Waals surface area (Å²) in [5, 5.41) is 0.864. The molecule has 0 unspecified atom stereocenters. The van der Waals surface area contributed by atoms with Gasteiger partial charge in [-0.2, -0.15) is 0 Å². The number of rotatable bonds is 6. The van der Waals surface area contributed by atoms with Crippen molar-refractivity contribution >= 4 is 11.6 Å². The maximum atomic E-state index is 6.06.